The molecule has 330 valence electrons. The summed E-state index contributed by atoms with van der Waals surface area (Å²) >= 11 is 0. The molecule has 0 radical (unpaired) electrons. The van der Waals surface area contributed by atoms with Gasteiger partial charge in [0.05, 0.1) is 6.85 Å². The lowest BCUT2D eigenvalue weighted by atomic mass is 9.84. The highest BCUT2D eigenvalue weighted by molar-refractivity contribution is 6.27. The summed E-state index contributed by atoms with van der Waals surface area (Å²) in [6.07, 6.45) is 0. The zero-order valence-corrected chi connectivity index (χ0v) is 38.4. The molecule has 0 saturated carbocycles. The lowest BCUT2D eigenvalue weighted by Crippen LogP contribution is -1.91. The second kappa shape index (κ2) is 16.7. The van der Waals surface area contributed by atoms with Gasteiger partial charge in [-0.25, -0.2) is 0 Å². The lowest BCUT2D eigenvalue weighted by molar-refractivity contribution is 0.669. The number of fused-ring (bicyclic) bond motifs is 10. The van der Waals surface area contributed by atoms with Gasteiger partial charge in [-0.3, -0.25) is 0 Å². The largest absolute Gasteiger partial charge is 0.456 e. The molecule has 1 heterocycles. The predicted octanol–water partition coefficient (Wildman–Crippen LogP) is 20.0. The summed E-state index contributed by atoms with van der Waals surface area (Å²) in [4.78, 5) is 0. The minimum Gasteiger partial charge on any atom is -0.456 e. The molecule has 1 nitrogen and oxygen atoms in total. The molecule has 0 saturated heterocycles. The first-order valence-electron chi connectivity index (χ1n) is 26.6. The number of rotatable bonds is 4. The topological polar surface area (TPSA) is 13.1 Å². The van der Waals surface area contributed by atoms with Gasteiger partial charge in [-0.15, -0.1) is 0 Å². The smallest absolute Gasteiger partial charge is 0.136 e. The Hall–Kier alpha value is -9.30. The van der Waals surface area contributed by atoms with E-state index in [0.717, 1.165) is 65.4 Å². The molecule has 0 aliphatic carbocycles. The van der Waals surface area contributed by atoms with Crippen LogP contribution in [0, 0.1) is 0 Å². The molecule has 0 aliphatic rings. The van der Waals surface area contributed by atoms with Crippen molar-refractivity contribution in [3.8, 4) is 44.5 Å². The fourth-order valence-electron chi connectivity index (χ4n) is 11.3. The summed E-state index contributed by atoms with van der Waals surface area (Å²) < 4.78 is 48.9. The fourth-order valence-corrected chi connectivity index (χ4v) is 11.3. The standard InChI is InChI=1S/C36H22O.C34H22/c1-2-11-23(12-3-1)34-26-15-6-8-17-28(26)35(29-18-9-7-16-27(29)34)30-19-10-20-32-36(30)31-21-24-13-4-5-14-25(24)22-33(31)37-32;1-2-12-25-22-26(21-20-23(25)10-1)33-29-15-5-7-17-31(29)34(32-18-8-6-16-30(32)33)28-19-9-13-24-11-3-4-14-27(24)28/h1-22H;1-22H/i1D,2D,3D,11D,12D;. The second-order valence-electron chi connectivity index (χ2n) is 18.2. The van der Waals surface area contributed by atoms with Crippen LogP contribution < -0.4 is 0 Å². The van der Waals surface area contributed by atoms with Crippen LogP contribution in [-0.2, 0) is 0 Å². The molecule has 0 N–H and O–H groups in total. The van der Waals surface area contributed by atoms with Crippen LogP contribution in [0.2, 0.25) is 0 Å². The minimum absolute atomic E-state index is 0.207. The predicted molar refractivity (Wildman–Crippen MR) is 304 cm³/mol. The molecule has 0 bridgehead atoms. The Morgan fingerprint density at radius 2 is 0.676 bits per heavy atom. The van der Waals surface area contributed by atoms with Crippen molar-refractivity contribution in [2.24, 2.45) is 0 Å². The number of hydrogen-bond acceptors (Lipinski definition) is 1. The van der Waals surface area contributed by atoms with Crippen LogP contribution >= 0.6 is 0 Å². The van der Waals surface area contributed by atoms with Gasteiger partial charge in [0.25, 0.3) is 0 Å². The van der Waals surface area contributed by atoms with Crippen molar-refractivity contribution in [1.29, 1.82) is 0 Å². The van der Waals surface area contributed by atoms with Crippen molar-refractivity contribution in [3.63, 3.8) is 0 Å². The van der Waals surface area contributed by atoms with E-state index in [4.69, 9.17) is 11.3 Å². The zero-order chi connectivity index (χ0) is 51.2. The molecule has 15 rings (SSSR count). The van der Waals surface area contributed by atoms with E-state index in [-0.39, 0.29) is 29.7 Å². The Morgan fingerprint density at radius 3 is 1.27 bits per heavy atom. The summed E-state index contributed by atoms with van der Waals surface area (Å²) in [5, 5.41) is 18.1. The Balaban J connectivity index is 0.000000142. The minimum atomic E-state index is -0.398. The third-order valence-electron chi connectivity index (χ3n) is 14.3. The first-order chi connectivity index (χ1) is 37.3. The summed E-state index contributed by atoms with van der Waals surface area (Å²) in [5.41, 5.74) is 9.65. The molecular formula is C70H44O. The van der Waals surface area contributed by atoms with E-state index in [9.17, 15) is 0 Å². The first kappa shape index (κ1) is 35.8. The fraction of sp³-hybridized carbons (Fsp3) is 0. The van der Waals surface area contributed by atoms with E-state index in [1.54, 1.807) is 0 Å². The molecule has 14 aromatic carbocycles. The van der Waals surface area contributed by atoms with Gasteiger partial charge >= 0.3 is 0 Å². The van der Waals surface area contributed by atoms with Gasteiger partial charge in [-0.2, -0.15) is 0 Å². The van der Waals surface area contributed by atoms with Crippen molar-refractivity contribution < 1.29 is 11.3 Å². The van der Waals surface area contributed by atoms with Crippen molar-refractivity contribution in [2.75, 3.05) is 0 Å². The van der Waals surface area contributed by atoms with Gasteiger partial charge in [-0.1, -0.05) is 243 Å². The highest BCUT2D eigenvalue weighted by Crippen LogP contribution is 2.48. The van der Waals surface area contributed by atoms with Crippen LogP contribution in [-0.4, -0.2) is 0 Å². The van der Waals surface area contributed by atoms with E-state index in [1.807, 2.05) is 72.8 Å². The van der Waals surface area contributed by atoms with E-state index < -0.39 is 6.04 Å². The Kier molecular flexibility index (Phi) is 8.44. The maximum absolute atomic E-state index is 8.80. The highest BCUT2D eigenvalue weighted by Gasteiger charge is 2.21. The highest BCUT2D eigenvalue weighted by atomic mass is 16.3. The lowest BCUT2D eigenvalue weighted by Gasteiger charge is -2.19. The molecule has 0 fully saturated rings. The van der Waals surface area contributed by atoms with Gasteiger partial charge in [0.2, 0.25) is 0 Å². The van der Waals surface area contributed by atoms with Crippen LogP contribution in [0.15, 0.2) is 271 Å². The van der Waals surface area contributed by atoms with Crippen LogP contribution in [0.5, 0.6) is 0 Å². The average Bonchev–Trinajstić information content (AvgIpc) is 3.90. The summed E-state index contributed by atoms with van der Waals surface area (Å²) in [6.45, 7) is 0. The summed E-state index contributed by atoms with van der Waals surface area (Å²) in [7, 11) is 0. The third-order valence-corrected chi connectivity index (χ3v) is 14.3. The molecule has 0 unspecified atom stereocenters. The van der Waals surface area contributed by atoms with E-state index >= 15 is 0 Å². The molecule has 1 heteroatoms. The molecule has 0 spiro atoms. The summed E-state index contributed by atoms with van der Waals surface area (Å²) in [5.74, 6) is 0. The second-order valence-corrected chi connectivity index (χ2v) is 18.2. The molecular weight excluding hydrogens is 857 g/mol. The van der Waals surface area contributed by atoms with Crippen molar-refractivity contribution >= 4 is 97.3 Å². The molecule has 71 heavy (non-hydrogen) atoms. The van der Waals surface area contributed by atoms with Crippen molar-refractivity contribution in [1.82, 2.24) is 0 Å². The Bertz CT molecular complexity index is 4750. The number of hydrogen-bond donors (Lipinski definition) is 0. The van der Waals surface area contributed by atoms with Gasteiger partial charge in [0.15, 0.2) is 0 Å². The Morgan fingerprint density at radius 1 is 0.254 bits per heavy atom. The number of furan rings is 1. The maximum atomic E-state index is 8.80. The van der Waals surface area contributed by atoms with Crippen LogP contribution in [0.4, 0.5) is 0 Å². The van der Waals surface area contributed by atoms with Crippen LogP contribution in [0.1, 0.15) is 6.85 Å². The molecule has 0 atom stereocenters. The molecule has 0 aliphatic heterocycles. The maximum Gasteiger partial charge on any atom is 0.136 e. The number of benzene rings is 14. The van der Waals surface area contributed by atoms with Gasteiger partial charge in [0, 0.05) is 10.8 Å². The van der Waals surface area contributed by atoms with E-state index in [1.165, 1.54) is 65.3 Å². The summed E-state index contributed by atoms with van der Waals surface area (Å²) in [6, 6.07) is 81.6. The van der Waals surface area contributed by atoms with Crippen LogP contribution in [0.25, 0.3) is 142 Å². The van der Waals surface area contributed by atoms with Crippen molar-refractivity contribution in [3.05, 3.63) is 267 Å². The molecule has 15 aromatic rings. The monoisotopic (exact) mass is 905 g/mol. The van der Waals surface area contributed by atoms with Crippen LogP contribution in [0.3, 0.4) is 0 Å². The molecule has 1 aromatic heterocycles. The first-order valence-corrected chi connectivity index (χ1v) is 24.1. The Labute approximate surface area is 418 Å². The SMILES string of the molecule is [2H]c1c([2H])c([2H])c(-c2c3ccccc3c(-c3cccc4oc5cc6ccccc6cc5c34)c3ccccc23)c([2H])c1[2H].c1ccc2cc(-c3c4ccccc4c(-c4cccc5ccccc45)c4ccccc34)ccc2c1. The van der Waals surface area contributed by atoms with Gasteiger partial charge in [0.1, 0.15) is 11.2 Å². The van der Waals surface area contributed by atoms with E-state index in [2.05, 4.69) is 164 Å². The average molecular weight is 906 g/mol. The van der Waals surface area contributed by atoms with Crippen molar-refractivity contribution in [2.45, 2.75) is 0 Å². The van der Waals surface area contributed by atoms with Gasteiger partial charge < -0.3 is 4.42 Å². The molecule has 0 amide bonds. The third kappa shape index (κ3) is 6.70. The van der Waals surface area contributed by atoms with E-state index in [0.29, 0.717) is 5.56 Å². The quantitative estimate of drug-likeness (QED) is 0.160. The van der Waals surface area contributed by atoms with Gasteiger partial charge in [-0.05, 0) is 144 Å². The normalized spacial score (nSPS) is 12.6. The zero-order valence-electron chi connectivity index (χ0n) is 43.4.